The lowest BCUT2D eigenvalue weighted by Crippen LogP contribution is -2.34. The molecule has 0 saturated heterocycles. The summed E-state index contributed by atoms with van der Waals surface area (Å²) in [5, 5.41) is 0. The molecule has 1 atom stereocenters. The lowest BCUT2D eigenvalue weighted by atomic mass is 9.93. The van der Waals surface area contributed by atoms with Gasteiger partial charge in [0.25, 0.3) is 0 Å². The van der Waals surface area contributed by atoms with Crippen LogP contribution in [0, 0.1) is 0 Å². The van der Waals surface area contributed by atoms with E-state index in [1.54, 1.807) is 12.1 Å². The highest BCUT2D eigenvalue weighted by Crippen LogP contribution is 2.33. The van der Waals surface area contributed by atoms with E-state index in [-0.39, 0.29) is 6.42 Å². The second-order valence-corrected chi connectivity index (χ2v) is 9.62. The number of esters is 1. The minimum absolute atomic E-state index is 0.172. The van der Waals surface area contributed by atoms with Gasteiger partial charge in [0.1, 0.15) is 5.75 Å². The highest BCUT2D eigenvalue weighted by Gasteiger charge is 2.34. The first kappa shape index (κ1) is 26.7. The Labute approximate surface area is 210 Å². The van der Waals surface area contributed by atoms with Crippen molar-refractivity contribution in [1.82, 2.24) is 0 Å². The molecule has 0 N–H and O–H groups in total. The summed E-state index contributed by atoms with van der Waals surface area (Å²) in [4.78, 5) is 12.3. The molecule has 1 unspecified atom stereocenters. The molecule has 3 aromatic rings. The third kappa shape index (κ3) is 7.78. The van der Waals surface area contributed by atoms with Gasteiger partial charge in [-0.3, -0.25) is 0 Å². The molecule has 0 amide bonds. The molecular weight excluding hydrogens is 435 g/mol. The Kier molecular flexibility index (Phi) is 10.1. The predicted molar refractivity (Wildman–Crippen MR) is 144 cm³/mol. The lowest BCUT2D eigenvalue weighted by molar-refractivity contribution is -0.147. The number of aryl methyl sites for hydroxylation is 1. The zero-order valence-electron chi connectivity index (χ0n) is 21.5. The summed E-state index contributed by atoms with van der Waals surface area (Å²) in [6.07, 6.45) is 9.26. The molecule has 0 spiro atoms. The fourth-order valence-electron chi connectivity index (χ4n) is 4.30. The van der Waals surface area contributed by atoms with Crippen molar-refractivity contribution in [1.29, 1.82) is 0 Å². The number of benzene rings is 3. The average Bonchev–Trinajstić information content (AvgIpc) is 2.88. The van der Waals surface area contributed by atoms with Gasteiger partial charge in [-0.1, -0.05) is 107 Å². The van der Waals surface area contributed by atoms with E-state index < -0.39 is 11.6 Å². The number of hydrogen-bond donors (Lipinski definition) is 0. The van der Waals surface area contributed by atoms with Gasteiger partial charge in [0.05, 0.1) is 0 Å². The van der Waals surface area contributed by atoms with Gasteiger partial charge in [0.15, 0.2) is 0 Å². The van der Waals surface area contributed by atoms with Crippen LogP contribution < -0.4 is 4.74 Å². The van der Waals surface area contributed by atoms with Crippen molar-refractivity contribution in [3.05, 3.63) is 78.4 Å². The number of halogens is 1. The van der Waals surface area contributed by atoms with Crippen molar-refractivity contribution in [3.8, 4) is 28.0 Å². The molecule has 3 heteroatoms. The van der Waals surface area contributed by atoms with Crippen LogP contribution in [0.25, 0.3) is 22.3 Å². The Bertz CT molecular complexity index is 1050. The molecule has 186 valence electrons. The van der Waals surface area contributed by atoms with Gasteiger partial charge < -0.3 is 4.74 Å². The smallest absolute Gasteiger partial charge is 0.348 e. The summed E-state index contributed by atoms with van der Waals surface area (Å²) in [5.74, 6) is -0.468. The molecule has 0 aliphatic rings. The normalized spacial score (nSPS) is 12.8. The first-order chi connectivity index (χ1) is 16.9. The number of rotatable bonds is 13. The summed E-state index contributed by atoms with van der Waals surface area (Å²) >= 11 is 0. The molecule has 3 aromatic carbocycles. The van der Waals surface area contributed by atoms with E-state index in [2.05, 4.69) is 49.4 Å². The maximum atomic E-state index is 14.6. The molecule has 0 saturated carbocycles. The molecule has 0 bridgehead atoms. The van der Waals surface area contributed by atoms with Crippen LogP contribution in [0.3, 0.4) is 0 Å². The van der Waals surface area contributed by atoms with Crippen LogP contribution in [0.4, 0.5) is 4.39 Å². The van der Waals surface area contributed by atoms with Crippen molar-refractivity contribution >= 4 is 5.97 Å². The SMILES string of the molecule is CCCCCCCc1ccc(-c2ccccc2-c2ccc(OC(=O)C(C)(F)CCCC)cc2)cc1. The van der Waals surface area contributed by atoms with Crippen molar-refractivity contribution in [2.75, 3.05) is 0 Å². The highest BCUT2D eigenvalue weighted by atomic mass is 19.1. The minimum Gasteiger partial charge on any atom is -0.424 e. The van der Waals surface area contributed by atoms with E-state index in [4.69, 9.17) is 4.74 Å². The van der Waals surface area contributed by atoms with Gasteiger partial charge in [-0.15, -0.1) is 0 Å². The molecule has 0 heterocycles. The van der Waals surface area contributed by atoms with E-state index in [0.29, 0.717) is 12.2 Å². The average molecular weight is 475 g/mol. The Balaban J connectivity index is 1.69. The first-order valence-electron chi connectivity index (χ1n) is 13.1. The Morgan fingerprint density at radius 2 is 1.29 bits per heavy atom. The topological polar surface area (TPSA) is 26.3 Å². The van der Waals surface area contributed by atoms with E-state index in [1.165, 1.54) is 50.2 Å². The van der Waals surface area contributed by atoms with Crippen LogP contribution in [0.5, 0.6) is 5.75 Å². The molecule has 0 aliphatic heterocycles. The quantitative estimate of drug-likeness (QED) is 0.140. The number of alkyl halides is 1. The van der Waals surface area contributed by atoms with Crippen LogP contribution in [-0.2, 0) is 11.2 Å². The third-order valence-corrected chi connectivity index (χ3v) is 6.56. The maximum absolute atomic E-state index is 14.6. The second kappa shape index (κ2) is 13.2. The van der Waals surface area contributed by atoms with Crippen LogP contribution in [0.1, 0.15) is 77.7 Å². The zero-order chi connectivity index (χ0) is 25.1. The summed E-state index contributed by atoms with van der Waals surface area (Å²) in [5.41, 5.74) is 3.87. The summed E-state index contributed by atoms with van der Waals surface area (Å²) in [7, 11) is 0. The number of carbonyl (C=O) groups is 1. The van der Waals surface area contributed by atoms with Crippen molar-refractivity contribution in [2.24, 2.45) is 0 Å². The summed E-state index contributed by atoms with van der Waals surface area (Å²) in [6, 6.07) is 24.5. The molecule has 0 radical (unpaired) electrons. The Hall–Kier alpha value is -2.94. The molecule has 0 aromatic heterocycles. The van der Waals surface area contributed by atoms with Crippen LogP contribution in [-0.4, -0.2) is 11.6 Å². The first-order valence-corrected chi connectivity index (χ1v) is 13.1. The molecule has 35 heavy (non-hydrogen) atoms. The number of unbranched alkanes of at least 4 members (excludes halogenated alkanes) is 5. The van der Waals surface area contributed by atoms with Gasteiger partial charge in [0, 0.05) is 0 Å². The Morgan fingerprint density at radius 3 is 1.86 bits per heavy atom. The summed E-state index contributed by atoms with van der Waals surface area (Å²) < 4.78 is 19.9. The van der Waals surface area contributed by atoms with Crippen molar-refractivity contribution in [2.45, 2.75) is 84.2 Å². The van der Waals surface area contributed by atoms with E-state index in [1.807, 2.05) is 25.1 Å². The van der Waals surface area contributed by atoms with Gasteiger partial charge in [-0.25, -0.2) is 9.18 Å². The van der Waals surface area contributed by atoms with Crippen LogP contribution >= 0.6 is 0 Å². The lowest BCUT2D eigenvalue weighted by Gasteiger charge is -2.18. The largest absolute Gasteiger partial charge is 0.424 e. The molecular formula is C32H39FO2. The third-order valence-electron chi connectivity index (χ3n) is 6.56. The molecule has 0 fully saturated rings. The van der Waals surface area contributed by atoms with Crippen molar-refractivity contribution in [3.63, 3.8) is 0 Å². The predicted octanol–water partition coefficient (Wildman–Crippen LogP) is 9.36. The molecule has 2 nitrogen and oxygen atoms in total. The Morgan fingerprint density at radius 1 is 0.743 bits per heavy atom. The maximum Gasteiger partial charge on any atom is 0.348 e. The number of hydrogen-bond acceptors (Lipinski definition) is 2. The zero-order valence-corrected chi connectivity index (χ0v) is 21.5. The molecule has 3 rings (SSSR count). The van der Waals surface area contributed by atoms with Crippen molar-refractivity contribution < 1.29 is 13.9 Å². The second-order valence-electron chi connectivity index (χ2n) is 9.62. The monoisotopic (exact) mass is 474 g/mol. The number of ether oxygens (including phenoxy) is 1. The van der Waals surface area contributed by atoms with Crippen LogP contribution in [0.2, 0.25) is 0 Å². The standard InChI is InChI=1S/C32H39FO2/c1-4-6-8-9-10-13-25-16-18-26(19-17-25)29-14-11-12-15-30(29)27-20-22-28(23-21-27)35-31(34)32(3,33)24-7-5-2/h11-12,14-23H,4-10,13,24H2,1-3H3. The van der Waals surface area contributed by atoms with Gasteiger partial charge in [0.2, 0.25) is 5.67 Å². The fourth-order valence-corrected chi connectivity index (χ4v) is 4.30. The fraction of sp³-hybridized carbons (Fsp3) is 0.406. The van der Waals surface area contributed by atoms with Gasteiger partial charge >= 0.3 is 5.97 Å². The number of carbonyl (C=O) groups excluding carboxylic acids is 1. The highest BCUT2D eigenvalue weighted by molar-refractivity contribution is 5.84. The van der Waals surface area contributed by atoms with E-state index >= 15 is 0 Å². The van der Waals surface area contributed by atoms with E-state index in [0.717, 1.165) is 29.5 Å². The van der Waals surface area contributed by atoms with E-state index in [9.17, 15) is 9.18 Å². The van der Waals surface area contributed by atoms with Crippen LogP contribution in [0.15, 0.2) is 72.8 Å². The van der Waals surface area contributed by atoms with Gasteiger partial charge in [-0.05, 0) is 72.6 Å². The minimum atomic E-state index is -1.97. The van der Waals surface area contributed by atoms with Gasteiger partial charge in [-0.2, -0.15) is 0 Å². The summed E-state index contributed by atoms with van der Waals surface area (Å²) in [6.45, 7) is 5.52. The molecule has 0 aliphatic carbocycles.